The first-order valence-corrected chi connectivity index (χ1v) is 10.0. The smallest absolute Gasteiger partial charge is 0.246 e. The predicted octanol–water partition coefficient (Wildman–Crippen LogP) is 4.17. The molecule has 0 radical (unpaired) electrons. The third-order valence-electron chi connectivity index (χ3n) is 4.09. The van der Waals surface area contributed by atoms with Gasteiger partial charge in [0.15, 0.2) is 0 Å². The van der Waals surface area contributed by atoms with Crippen molar-refractivity contribution in [1.29, 1.82) is 0 Å². The fourth-order valence-corrected chi connectivity index (χ4v) is 4.97. The highest BCUT2D eigenvalue weighted by atomic mass is 32.2. The van der Waals surface area contributed by atoms with Crippen LogP contribution in [0.3, 0.4) is 0 Å². The van der Waals surface area contributed by atoms with E-state index in [9.17, 15) is 4.79 Å². The van der Waals surface area contributed by atoms with Crippen LogP contribution in [-0.4, -0.2) is 23.3 Å². The molecule has 0 aliphatic carbocycles. The fourth-order valence-electron chi connectivity index (χ4n) is 2.94. The van der Waals surface area contributed by atoms with Crippen molar-refractivity contribution >= 4 is 39.2 Å². The van der Waals surface area contributed by atoms with E-state index in [1.165, 1.54) is 10.5 Å². The first-order valence-electron chi connectivity index (χ1n) is 8.23. The van der Waals surface area contributed by atoms with E-state index >= 15 is 0 Å². The van der Waals surface area contributed by atoms with E-state index in [2.05, 4.69) is 22.4 Å². The standard InChI is InChI=1S/C19H18N2O2S2/c22-18(20-14-9-10-24-16-7-3-1-5-13(14)16)11-23-12-19-21-15-6-2-4-8-17(15)25-19/h1-8,14H,9-12H2,(H,20,22). The number of rotatable bonds is 5. The number of benzene rings is 2. The van der Waals surface area contributed by atoms with Gasteiger partial charge in [-0.25, -0.2) is 4.98 Å². The summed E-state index contributed by atoms with van der Waals surface area (Å²) in [7, 11) is 0. The van der Waals surface area contributed by atoms with Crippen molar-refractivity contribution in [1.82, 2.24) is 10.3 Å². The molecular formula is C19H18N2O2S2. The first-order chi connectivity index (χ1) is 12.3. The number of para-hydroxylation sites is 1. The van der Waals surface area contributed by atoms with Crippen LogP contribution in [-0.2, 0) is 16.1 Å². The maximum atomic E-state index is 12.2. The molecule has 1 unspecified atom stereocenters. The molecule has 1 atom stereocenters. The Morgan fingerprint density at radius 3 is 2.96 bits per heavy atom. The second-order valence-electron chi connectivity index (χ2n) is 5.86. The van der Waals surface area contributed by atoms with Crippen LogP contribution in [0.15, 0.2) is 53.4 Å². The Morgan fingerprint density at radius 2 is 2.04 bits per heavy atom. The van der Waals surface area contributed by atoms with Crippen LogP contribution in [0, 0.1) is 0 Å². The van der Waals surface area contributed by atoms with Gasteiger partial charge < -0.3 is 10.1 Å². The van der Waals surface area contributed by atoms with Crippen molar-refractivity contribution in [2.75, 3.05) is 12.4 Å². The molecule has 6 heteroatoms. The van der Waals surface area contributed by atoms with Gasteiger partial charge in [-0.1, -0.05) is 30.3 Å². The Morgan fingerprint density at radius 1 is 1.20 bits per heavy atom. The molecule has 0 bridgehead atoms. The quantitative estimate of drug-likeness (QED) is 0.732. The fraction of sp³-hybridized carbons (Fsp3) is 0.263. The summed E-state index contributed by atoms with van der Waals surface area (Å²) in [5, 5.41) is 3.99. The zero-order valence-electron chi connectivity index (χ0n) is 13.6. The van der Waals surface area contributed by atoms with Crippen LogP contribution >= 0.6 is 23.1 Å². The molecule has 1 amide bonds. The second kappa shape index (κ2) is 7.56. The second-order valence-corrected chi connectivity index (χ2v) is 8.12. The number of hydrogen-bond acceptors (Lipinski definition) is 5. The van der Waals surface area contributed by atoms with Gasteiger partial charge in [-0.2, -0.15) is 0 Å². The molecule has 0 spiro atoms. The average Bonchev–Trinajstić information content (AvgIpc) is 3.05. The van der Waals surface area contributed by atoms with Gasteiger partial charge in [0.2, 0.25) is 5.91 Å². The number of ether oxygens (including phenoxy) is 1. The number of carbonyl (C=O) groups is 1. The van der Waals surface area contributed by atoms with Crippen molar-refractivity contribution in [3.05, 3.63) is 59.1 Å². The molecule has 1 N–H and O–H groups in total. The summed E-state index contributed by atoms with van der Waals surface area (Å²) in [6, 6.07) is 16.3. The Labute approximate surface area is 154 Å². The molecule has 1 aromatic heterocycles. The molecule has 1 aliphatic heterocycles. The lowest BCUT2D eigenvalue weighted by Crippen LogP contribution is -2.33. The number of hydrogen-bond donors (Lipinski definition) is 1. The highest BCUT2D eigenvalue weighted by molar-refractivity contribution is 7.99. The molecule has 4 nitrogen and oxygen atoms in total. The number of thioether (sulfide) groups is 1. The van der Waals surface area contributed by atoms with Crippen molar-refractivity contribution in [3.8, 4) is 0 Å². The van der Waals surface area contributed by atoms with Gasteiger partial charge in [-0.3, -0.25) is 4.79 Å². The molecule has 25 heavy (non-hydrogen) atoms. The highest BCUT2D eigenvalue weighted by Gasteiger charge is 2.21. The molecule has 4 rings (SSSR count). The van der Waals surface area contributed by atoms with Crippen LogP contribution in [0.2, 0.25) is 0 Å². The summed E-state index contributed by atoms with van der Waals surface area (Å²) in [6.45, 7) is 0.422. The zero-order chi connectivity index (χ0) is 17.1. The van der Waals surface area contributed by atoms with Crippen LogP contribution in [0.5, 0.6) is 0 Å². The van der Waals surface area contributed by atoms with E-state index < -0.39 is 0 Å². The number of thiazole rings is 1. The van der Waals surface area contributed by atoms with E-state index in [1.807, 2.05) is 48.2 Å². The molecule has 0 fully saturated rings. The van der Waals surface area contributed by atoms with Crippen molar-refractivity contribution in [2.45, 2.75) is 24.0 Å². The van der Waals surface area contributed by atoms with E-state index in [0.29, 0.717) is 6.61 Å². The van der Waals surface area contributed by atoms with Crippen LogP contribution in [0.1, 0.15) is 23.0 Å². The zero-order valence-corrected chi connectivity index (χ0v) is 15.2. The van der Waals surface area contributed by atoms with E-state index in [0.717, 1.165) is 27.4 Å². The van der Waals surface area contributed by atoms with Gasteiger partial charge in [-0.05, 0) is 30.2 Å². The van der Waals surface area contributed by atoms with Gasteiger partial charge in [0.05, 0.1) is 22.9 Å². The SMILES string of the molecule is O=C(COCc1nc2ccccc2s1)NC1CCSc2ccccc21. The molecule has 0 saturated carbocycles. The van der Waals surface area contributed by atoms with E-state index in [1.54, 1.807) is 11.3 Å². The number of aromatic nitrogens is 1. The maximum Gasteiger partial charge on any atom is 0.246 e. The van der Waals surface area contributed by atoms with Crippen molar-refractivity contribution in [3.63, 3.8) is 0 Å². The summed E-state index contributed by atoms with van der Waals surface area (Å²) < 4.78 is 6.71. The lowest BCUT2D eigenvalue weighted by atomic mass is 10.0. The molecule has 0 saturated heterocycles. The molecule has 2 aromatic carbocycles. The summed E-state index contributed by atoms with van der Waals surface area (Å²) in [5.41, 5.74) is 2.19. The summed E-state index contributed by atoms with van der Waals surface area (Å²) >= 11 is 3.45. The van der Waals surface area contributed by atoms with Crippen molar-refractivity contribution < 1.29 is 9.53 Å². The summed E-state index contributed by atoms with van der Waals surface area (Å²) in [4.78, 5) is 18.0. The van der Waals surface area contributed by atoms with E-state index in [4.69, 9.17) is 4.74 Å². The Kier molecular flexibility index (Phi) is 5.01. The van der Waals surface area contributed by atoms with Crippen LogP contribution in [0.4, 0.5) is 0 Å². The Balaban J connectivity index is 1.31. The maximum absolute atomic E-state index is 12.2. The number of amides is 1. The van der Waals surface area contributed by atoms with Gasteiger partial charge in [0.25, 0.3) is 0 Å². The van der Waals surface area contributed by atoms with E-state index in [-0.39, 0.29) is 18.6 Å². The summed E-state index contributed by atoms with van der Waals surface area (Å²) in [6.07, 6.45) is 0.950. The Hall–Kier alpha value is -1.89. The minimum atomic E-state index is -0.0761. The minimum absolute atomic E-state index is 0.0573. The predicted molar refractivity (Wildman–Crippen MR) is 102 cm³/mol. The highest BCUT2D eigenvalue weighted by Crippen LogP contribution is 2.35. The normalized spacial score (nSPS) is 16.6. The van der Waals surface area contributed by atoms with Gasteiger partial charge in [-0.15, -0.1) is 23.1 Å². The summed E-state index contributed by atoms with van der Waals surface area (Å²) in [5.74, 6) is 0.946. The molecule has 1 aliphatic rings. The number of nitrogens with one attached hydrogen (secondary N) is 1. The van der Waals surface area contributed by atoms with Crippen LogP contribution < -0.4 is 5.32 Å². The minimum Gasteiger partial charge on any atom is -0.364 e. The third kappa shape index (κ3) is 3.86. The molecule has 2 heterocycles. The molecular weight excluding hydrogens is 352 g/mol. The average molecular weight is 370 g/mol. The Bertz CT molecular complexity index is 861. The number of fused-ring (bicyclic) bond motifs is 2. The first kappa shape index (κ1) is 16.6. The van der Waals surface area contributed by atoms with Gasteiger partial charge >= 0.3 is 0 Å². The largest absolute Gasteiger partial charge is 0.364 e. The van der Waals surface area contributed by atoms with Crippen molar-refractivity contribution in [2.24, 2.45) is 0 Å². The third-order valence-corrected chi connectivity index (χ3v) is 6.22. The lowest BCUT2D eigenvalue weighted by molar-refractivity contribution is -0.126. The van der Waals surface area contributed by atoms with Gasteiger partial charge in [0, 0.05) is 10.6 Å². The topological polar surface area (TPSA) is 51.2 Å². The monoisotopic (exact) mass is 370 g/mol. The van der Waals surface area contributed by atoms with Crippen LogP contribution in [0.25, 0.3) is 10.2 Å². The van der Waals surface area contributed by atoms with Gasteiger partial charge in [0.1, 0.15) is 11.6 Å². The lowest BCUT2D eigenvalue weighted by Gasteiger charge is -2.25. The number of carbonyl (C=O) groups excluding carboxylic acids is 1. The molecule has 128 valence electrons. The number of nitrogens with zero attached hydrogens (tertiary/aromatic N) is 1. The molecule has 3 aromatic rings.